The van der Waals surface area contributed by atoms with Crippen LogP contribution in [0.5, 0.6) is 0 Å². The molecule has 2 N–H and O–H groups in total. The highest BCUT2D eigenvalue weighted by atomic mass is 35.5. The maximum absolute atomic E-state index is 11.6. The Kier molecular flexibility index (Phi) is 5.52. The number of amides is 1. The number of carbonyl (C=O) groups is 1. The molecule has 0 bridgehead atoms. The van der Waals surface area contributed by atoms with Crippen LogP contribution in [0.25, 0.3) is 0 Å². The average Bonchev–Trinajstić information content (AvgIpc) is 2.52. The van der Waals surface area contributed by atoms with Gasteiger partial charge >= 0.3 is 0 Å². The Labute approximate surface area is 103 Å². The number of hydrogen-bond acceptors (Lipinski definition) is 3. The first-order valence-corrected chi connectivity index (χ1v) is 5.91. The van der Waals surface area contributed by atoms with Gasteiger partial charge in [-0.3, -0.25) is 4.79 Å². The van der Waals surface area contributed by atoms with Crippen molar-refractivity contribution in [3.8, 4) is 0 Å². The zero-order valence-electron chi connectivity index (χ0n) is 9.70. The fourth-order valence-corrected chi connectivity index (χ4v) is 2.14. The molecule has 4 nitrogen and oxygen atoms in total. The van der Waals surface area contributed by atoms with E-state index in [1.807, 2.05) is 0 Å². The van der Waals surface area contributed by atoms with Gasteiger partial charge in [0.1, 0.15) is 0 Å². The van der Waals surface area contributed by atoms with E-state index in [2.05, 4.69) is 17.6 Å². The number of nitrogens with one attached hydrogen (secondary N) is 2. The third kappa shape index (κ3) is 3.61. The van der Waals surface area contributed by atoms with Gasteiger partial charge in [0.25, 0.3) is 0 Å². The molecule has 2 aliphatic heterocycles. The Balaban J connectivity index is 0.00000128. The van der Waals surface area contributed by atoms with Crippen LogP contribution < -0.4 is 10.6 Å². The van der Waals surface area contributed by atoms with E-state index in [1.54, 1.807) is 0 Å². The predicted molar refractivity (Wildman–Crippen MR) is 64.9 cm³/mol. The summed E-state index contributed by atoms with van der Waals surface area (Å²) in [7, 11) is 0. The lowest BCUT2D eigenvalue weighted by atomic mass is 10.0. The molecule has 0 aliphatic carbocycles. The molecule has 3 atom stereocenters. The quantitative estimate of drug-likeness (QED) is 0.776. The van der Waals surface area contributed by atoms with Gasteiger partial charge in [0.05, 0.1) is 12.1 Å². The monoisotopic (exact) mass is 248 g/mol. The fraction of sp³-hybridized carbons (Fsp3) is 0.909. The number of carbonyl (C=O) groups excluding carboxylic acids is 1. The summed E-state index contributed by atoms with van der Waals surface area (Å²) in [5.41, 5.74) is 0. The van der Waals surface area contributed by atoms with Gasteiger partial charge in [-0.25, -0.2) is 0 Å². The van der Waals surface area contributed by atoms with Crippen molar-refractivity contribution in [2.75, 3.05) is 13.2 Å². The Morgan fingerprint density at radius 3 is 2.81 bits per heavy atom. The molecule has 0 spiro atoms. The Morgan fingerprint density at radius 1 is 1.56 bits per heavy atom. The standard InChI is InChI=1S/C11H20N2O2.ClH/c1-8(7-9-3-2-6-15-9)13-11(14)10-4-5-12-10;/h8-10,12H,2-7H2,1H3,(H,13,14);1H/t8?,9?,10-;/m1./s1. The second-order valence-corrected chi connectivity index (χ2v) is 4.58. The van der Waals surface area contributed by atoms with Crippen LogP contribution in [0.2, 0.25) is 0 Å². The van der Waals surface area contributed by atoms with Crippen LogP contribution in [-0.4, -0.2) is 37.2 Å². The third-order valence-corrected chi connectivity index (χ3v) is 3.17. The predicted octanol–water partition coefficient (Wildman–Crippen LogP) is 0.844. The van der Waals surface area contributed by atoms with Crippen molar-refractivity contribution in [2.24, 2.45) is 0 Å². The van der Waals surface area contributed by atoms with Gasteiger partial charge < -0.3 is 15.4 Å². The largest absolute Gasteiger partial charge is 0.378 e. The third-order valence-electron chi connectivity index (χ3n) is 3.17. The topological polar surface area (TPSA) is 50.4 Å². The highest BCUT2D eigenvalue weighted by Gasteiger charge is 2.26. The molecule has 2 saturated heterocycles. The van der Waals surface area contributed by atoms with E-state index in [-0.39, 0.29) is 30.4 Å². The molecule has 0 saturated carbocycles. The SMILES string of the molecule is CC(CC1CCCO1)NC(=O)[C@H]1CCN1.Cl. The second-order valence-electron chi connectivity index (χ2n) is 4.58. The van der Waals surface area contributed by atoms with E-state index in [0.29, 0.717) is 6.10 Å². The van der Waals surface area contributed by atoms with Gasteiger partial charge in [0, 0.05) is 12.6 Å². The Hall–Kier alpha value is -0.320. The van der Waals surface area contributed by atoms with Crippen LogP contribution in [0.1, 0.15) is 32.6 Å². The van der Waals surface area contributed by atoms with E-state index in [1.165, 1.54) is 0 Å². The van der Waals surface area contributed by atoms with E-state index in [4.69, 9.17) is 4.74 Å². The first-order valence-electron chi connectivity index (χ1n) is 5.91. The van der Waals surface area contributed by atoms with Crippen molar-refractivity contribution in [1.82, 2.24) is 10.6 Å². The second kappa shape index (κ2) is 6.42. The minimum Gasteiger partial charge on any atom is -0.378 e. The van der Waals surface area contributed by atoms with Crippen LogP contribution in [-0.2, 0) is 9.53 Å². The van der Waals surface area contributed by atoms with Crippen molar-refractivity contribution in [3.63, 3.8) is 0 Å². The number of hydrogen-bond donors (Lipinski definition) is 2. The summed E-state index contributed by atoms with van der Waals surface area (Å²) in [6.45, 7) is 3.91. The first-order chi connectivity index (χ1) is 7.25. The highest BCUT2D eigenvalue weighted by molar-refractivity contribution is 5.85. The number of rotatable bonds is 4. The molecular formula is C11H21ClN2O2. The van der Waals surface area contributed by atoms with Gasteiger partial charge in [0.2, 0.25) is 5.91 Å². The lowest BCUT2D eigenvalue weighted by molar-refractivity contribution is -0.125. The molecule has 2 heterocycles. The van der Waals surface area contributed by atoms with Crippen molar-refractivity contribution >= 4 is 18.3 Å². The molecule has 0 aromatic heterocycles. The fourth-order valence-electron chi connectivity index (χ4n) is 2.14. The summed E-state index contributed by atoms with van der Waals surface area (Å²) in [5, 5.41) is 6.13. The van der Waals surface area contributed by atoms with Crippen molar-refractivity contribution in [1.29, 1.82) is 0 Å². The normalized spacial score (nSPS) is 30.1. The highest BCUT2D eigenvalue weighted by Crippen LogP contribution is 2.17. The van der Waals surface area contributed by atoms with Crippen LogP contribution in [0, 0.1) is 0 Å². The number of halogens is 1. The van der Waals surface area contributed by atoms with Gasteiger partial charge in [-0.15, -0.1) is 12.4 Å². The maximum Gasteiger partial charge on any atom is 0.237 e. The van der Waals surface area contributed by atoms with E-state index in [9.17, 15) is 4.79 Å². The summed E-state index contributed by atoms with van der Waals surface area (Å²) in [6.07, 6.45) is 4.57. The molecular weight excluding hydrogens is 228 g/mol. The van der Waals surface area contributed by atoms with E-state index >= 15 is 0 Å². The Morgan fingerprint density at radius 2 is 2.31 bits per heavy atom. The molecule has 0 aromatic rings. The molecule has 2 fully saturated rings. The molecule has 5 heteroatoms. The zero-order chi connectivity index (χ0) is 10.7. The molecule has 0 radical (unpaired) electrons. The number of ether oxygens (including phenoxy) is 1. The molecule has 2 aliphatic rings. The van der Waals surface area contributed by atoms with Crippen LogP contribution in [0.4, 0.5) is 0 Å². The summed E-state index contributed by atoms with van der Waals surface area (Å²) in [5.74, 6) is 0.145. The lowest BCUT2D eigenvalue weighted by Gasteiger charge is -2.28. The van der Waals surface area contributed by atoms with Crippen molar-refractivity contribution in [3.05, 3.63) is 0 Å². The van der Waals surface area contributed by atoms with Gasteiger partial charge in [-0.1, -0.05) is 0 Å². The van der Waals surface area contributed by atoms with Crippen molar-refractivity contribution in [2.45, 2.75) is 50.8 Å². The van der Waals surface area contributed by atoms with Crippen LogP contribution >= 0.6 is 12.4 Å². The lowest BCUT2D eigenvalue weighted by Crippen LogP contribution is -2.55. The van der Waals surface area contributed by atoms with Gasteiger partial charge in [-0.05, 0) is 39.2 Å². The molecule has 2 unspecified atom stereocenters. The maximum atomic E-state index is 11.6. The van der Waals surface area contributed by atoms with Crippen LogP contribution in [0.3, 0.4) is 0 Å². The smallest absolute Gasteiger partial charge is 0.237 e. The summed E-state index contributed by atoms with van der Waals surface area (Å²) in [4.78, 5) is 11.6. The van der Waals surface area contributed by atoms with Gasteiger partial charge in [0.15, 0.2) is 0 Å². The van der Waals surface area contributed by atoms with Crippen LogP contribution in [0.15, 0.2) is 0 Å². The zero-order valence-corrected chi connectivity index (χ0v) is 10.5. The summed E-state index contributed by atoms with van der Waals surface area (Å²) < 4.78 is 5.54. The molecule has 2 rings (SSSR count). The molecule has 0 aromatic carbocycles. The average molecular weight is 249 g/mol. The minimum absolute atomic E-state index is 0. The van der Waals surface area contributed by atoms with E-state index < -0.39 is 0 Å². The molecule has 94 valence electrons. The minimum atomic E-state index is 0. The molecule has 16 heavy (non-hydrogen) atoms. The summed E-state index contributed by atoms with van der Waals surface area (Å²) >= 11 is 0. The van der Waals surface area contributed by atoms with Crippen molar-refractivity contribution < 1.29 is 9.53 Å². The Bertz CT molecular complexity index is 228. The van der Waals surface area contributed by atoms with Gasteiger partial charge in [-0.2, -0.15) is 0 Å². The first kappa shape index (κ1) is 13.7. The summed E-state index contributed by atoms with van der Waals surface area (Å²) in [6, 6.07) is 0.278. The van der Waals surface area contributed by atoms with E-state index in [0.717, 1.165) is 38.8 Å². The molecule has 1 amide bonds.